The third-order valence-corrected chi connectivity index (χ3v) is 0.498. The van der Waals surface area contributed by atoms with E-state index in [1.54, 1.807) is 6.92 Å². The van der Waals surface area contributed by atoms with Gasteiger partial charge in [0.25, 0.3) is 0 Å². The minimum atomic E-state index is 0. The average molecular weight is 80.1 g/mol. The number of rotatable bonds is 1. The normalized spacial score (nSPS) is 6.33. The molecule has 0 aliphatic rings. The summed E-state index contributed by atoms with van der Waals surface area (Å²) in [5.41, 5.74) is 0. The number of carbonyl (C=O) groups is 1. The van der Waals surface area contributed by atoms with E-state index in [2.05, 4.69) is 0 Å². The van der Waals surface area contributed by atoms with Crippen molar-refractivity contribution in [3.05, 3.63) is 0 Å². The van der Waals surface area contributed by atoms with Gasteiger partial charge in [0, 0.05) is 6.42 Å². The van der Waals surface area contributed by atoms with Crippen molar-refractivity contribution < 1.29 is 4.79 Å². The second kappa shape index (κ2) is 5.27. The topological polar surface area (TPSA) is 17.1 Å². The molecule has 6 heavy (non-hydrogen) atoms. The van der Waals surface area contributed by atoms with Gasteiger partial charge in [0.1, 0.15) is 5.78 Å². The quantitative estimate of drug-likeness (QED) is 0.415. The number of Topliss-reactive ketones (excluding diaryl/α,β-unsaturated/α-hetero) is 1. The predicted octanol–water partition coefficient (Wildman–Crippen LogP) is 0.337. The summed E-state index contributed by atoms with van der Waals surface area (Å²) in [7, 11) is 0. The van der Waals surface area contributed by atoms with Crippen LogP contribution in [-0.2, 0) is 4.79 Å². The first-order valence-electron chi connectivity index (χ1n) is 1.76. The molecule has 0 N–H and O–H groups in total. The third kappa shape index (κ3) is 8.86. The fourth-order valence-corrected chi connectivity index (χ4v) is 0. The Morgan fingerprint density at radius 2 is 1.83 bits per heavy atom. The second-order valence-electron chi connectivity index (χ2n) is 1.06. The zero-order valence-corrected chi connectivity index (χ0v) is 3.62. The fourth-order valence-electron chi connectivity index (χ4n) is 0. The molecule has 0 aromatic rings. The molecule has 0 aromatic heterocycles. The van der Waals surface area contributed by atoms with Crippen LogP contribution in [0.15, 0.2) is 0 Å². The van der Waals surface area contributed by atoms with Crippen molar-refractivity contribution in [2.24, 2.45) is 0 Å². The van der Waals surface area contributed by atoms with Crippen LogP contribution in [0.1, 0.15) is 20.3 Å². The molecule has 0 aromatic carbocycles. The zero-order valence-electron chi connectivity index (χ0n) is 3.62. The number of ketones is 1. The van der Waals surface area contributed by atoms with E-state index < -0.39 is 0 Å². The molecule has 0 radical (unpaired) electrons. The average Bonchev–Trinajstić information content (AvgIpc) is 1.38. The Kier molecular flexibility index (Phi) is 8.38. The molecular formula is C4H9LiO. The van der Waals surface area contributed by atoms with Crippen LogP contribution in [0, 0.1) is 0 Å². The molecular weight excluding hydrogens is 71.0 g/mol. The van der Waals surface area contributed by atoms with E-state index in [1.165, 1.54) is 0 Å². The van der Waals surface area contributed by atoms with Gasteiger partial charge in [0.15, 0.2) is 0 Å². The minimum absolute atomic E-state index is 0. The van der Waals surface area contributed by atoms with Crippen molar-refractivity contribution in [1.82, 2.24) is 0 Å². The van der Waals surface area contributed by atoms with Gasteiger partial charge in [-0.3, -0.25) is 0 Å². The van der Waals surface area contributed by atoms with Gasteiger partial charge in [-0.25, -0.2) is 0 Å². The first-order chi connectivity index (χ1) is 2.27. The van der Waals surface area contributed by atoms with Gasteiger partial charge in [0.05, 0.1) is 0 Å². The van der Waals surface area contributed by atoms with E-state index in [0.717, 1.165) is 0 Å². The van der Waals surface area contributed by atoms with Crippen molar-refractivity contribution in [3.8, 4) is 0 Å². The van der Waals surface area contributed by atoms with Crippen LogP contribution >= 0.6 is 0 Å². The Balaban J connectivity index is 0. The standard InChI is InChI=1S/C4H8O.Li.H/c1-3-4(2)5;;/h3H2,1-2H3;;. The number of hydrogen-bond donors (Lipinski definition) is 0. The summed E-state index contributed by atoms with van der Waals surface area (Å²) in [5.74, 6) is 0.255. The van der Waals surface area contributed by atoms with Crippen LogP contribution in [0.25, 0.3) is 0 Å². The van der Waals surface area contributed by atoms with E-state index in [9.17, 15) is 4.79 Å². The van der Waals surface area contributed by atoms with E-state index in [0.29, 0.717) is 6.42 Å². The van der Waals surface area contributed by atoms with Crippen LogP contribution in [0.4, 0.5) is 0 Å². The molecule has 0 aliphatic carbocycles. The van der Waals surface area contributed by atoms with Crippen molar-refractivity contribution in [1.29, 1.82) is 0 Å². The van der Waals surface area contributed by atoms with Gasteiger partial charge in [0.2, 0.25) is 0 Å². The summed E-state index contributed by atoms with van der Waals surface area (Å²) in [6, 6.07) is 0. The predicted molar refractivity (Wildman–Crippen MR) is 28.1 cm³/mol. The van der Waals surface area contributed by atoms with E-state index in [4.69, 9.17) is 0 Å². The SMILES string of the molecule is CCC(C)=O.[LiH]. The Hall–Kier alpha value is 0.267. The maximum atomic E-state index is 9.81. The molecule has 0 amide bonds. The molecule has 0 bridgehead atoms. The van der Waals surface area contributed by atoms with Crippen LogP contribution in [0.2, 0.25) is 0 Å². The third-order valence-electron chi connectivity index (χ3n) is 0.498. The molecule has 0 saturated carbocycles. The summed E-state index contributed by atoms with van der Waals surface area (Å²) in [6.45, 7) is 3.43. The second-order valence-corrected chi connectivity index (χ2v) is 1.06. The Labute approximate surface area is 50.3 Å². The van der Waals surface area contributed by atoms with Crippen molar-refractivity contribution in [2.45, 2.75) is 20.3 Å². The summed E-state index contributed by atoms with van der Waals surface area (Å²) in [6.07, 6.45) is 0.667. The van der Waals surface area contributed by atoms with Crippen molar-refractivity contribution in [2.75, 3.05) is 0 Å². The zero-order chi connectivity index (χ0) is 4.28. The molecule has 2 heteroatoms. The van der Waals surface area contributed by atoms with E-state index in [1.807, 2.05) is 6.92 Å². The molecule has 0 heterocycles. The molecule has 0 fully saturated rings. The van der Waals surface area contributed by atoms with E-state index in [-0.39, 0.29) is 24.6 Å². The summed E-state index contributed by atoms with van der Waals surface area (Å²) in [4.78, 5) is 9.81. The molecule has 0 spiro atoms. The molecule has 32 valence electrons. The Morgan fingerprint density at radius 1 is 1.67 bits per heavy atom. The van der Waals surface area contributed by atoms with Crippen LogP contribution in [-0.4, -0.2) is 24.6 Å². The summed E-state index contributed by atoms with van der Waals surface area (Å²) in [5, 5.41) is 0. The van der Waals surface area contributed by atoms with Gasteiger partial charge >= 0.3 is 18.9 Å². The summed E-state index contributed by atoms with van der Waals surface area (Å²) >= 11 is 0. The van der Waals surface area contributed by atoms with Gasteiger partial charge in [-0.1, -0.05) is 6.92 Å². The summed E-state index contributed by atoms with van der Waals surface area (Å²) < 4.78 is 0. The van der Waals surface area contributed by atoms with Gasteiger partial charge in [-0.05, 0) is 6.92 Å². The monoisotopic (exact) mass is 80.1 g/mol. The van der Waals surface area contributed by atoms with Crippen LogP contribution < -0.4 is 0 Å². The molecule has 0 unspecified atom stereocenters. The van der Waals surface area contributed by atoms with Crippen molar-refractivity contribution >= 4 is 24.6 Å². The molecule has 0 rings (SSSR count). The van der Waals surface area contributed by atoms with E-state index >= 15 is 0 Å². The first-order valence-corrected chi connectivity index (χ1v) is 1.76. The fraction of sp³-hybridized carbons (Fsp3) is 0.750. The first kappa shape index (κ1) is 9.55. The van der Waals surface area contributed by atoms with Gasteiger partial charge in [-0.2, -0.15) is 0 Å². The molecule has 0 aliphatic heterocycles. The Bertz CT molecular complexity index is 42.8. The molecule has 1 nitrogen and oxygen atoms in total. The molecule has 0 atom stereocenters. The maximum absolute atomic E-state index is 9.81. The number of hydrogen-bond acceptors (Lipinski definition) is 1. The number of carbonyl (C=O) groups excluding carboxylic acids is 1. The van der Waals surface area contributed by atoms with Crippen LogP contribution in [0.5, 0.6) is 0 Å². The molecule has 0 saturated heterocycles. The van der Waals surface area contributed by atoms with Gasteiger partial charge < -0.3 is 4.79 Å². The van der Waals surface area contributed by atoms with Gasteiger partial charge in [-0.15, -0.1) is 0 Å². The Morgan fingerprint density at radius 3 is 1.83 bits per heavy atom. The van der Waals surface area contributed by atoms with Crippen molar-refractivity contribution in [3.63, 3.8) is 0 Å². The van der Waals surface area contributed by atoms with Crippen LogP contribution in [0.3, 0.4) is 0 Å².